The number of halogens is 1. The molecular formula is C26H22INO5. The zero-order valence-electron chi connectivity index (χ0n) is 17.7. The number of amides is 1. The molecule has 2 aliphatic rings. The maximum absolute atomic E-state index is 13.0. The molecular weight excluding hydrogens is 533 g/mol. The minimum atomic E-state index is -1.06. The molecule has 0 spiro atoms. The fourth-order valence-corrected chi connectivity index (χ4v) is 5.06. The molecule has 2 atom stereocenters. The number of nitrogens with zero attached hydrogens (tertiary/aromatic N) is 1. The van der Waals surface area contributed by atoms with Gasteiger partial charge in [0, 0.05) is 15.9 Å². The van der Waals surface area contributed by atoms with E-state index in [0.717, 1.165) is 25.8 Å². The van der Waals surface area contributed by atoms with Crippen molar-refractivity contribution in [3.63, 3.8) is 0 Å². The largest absolute Gasteiger partial charge is 0.488 e. The molecule has 0 aromatic heterocycles. The zero-order chi connectivity index (χ0) is 22.9. The Kier molecular flexibility index (Phi) is 5.97. The molecule has 1 aliphatic carbocycles. The van der Waals surface area contributed by atoms with E-state index in [-0.39, 0.29) is 25.5 Å². The Balaban J connectivity index is 1.29. The lowest BCUT2D eigenvalue weighted by atomic mass is 9.98. The number of rotatable bonds is 5. The van der Waals surface area contributed by atoms with Gasteiger partial charge in [0.05, 0.1) is 6.54 Å². The van der Waals surface area contributed by atoms with Crippen molar-refractivity contribution in [2.24, 2.45) is 0 Å². The number of carbonyl (C=O) groups excluding carboxylic acids is 1. The number of hydrogen-bond donors (Lipinski definition) is 1. The smallest absolute Gasteiger partial charge is 0.410 e. The number of fused-ring (bicyclic) bond motifs is 3. The summed E-state index contributed by atoms with van der Waals surface area (Å²) in [5.74, 6) is -0.484. The number of carbonyl (C=O) groups is 2. The Hall–Kier alpha value is -3.07. The van der Waals surface area contributed by atoms with E-state index in [1.54, 1.807) is 0 Å². The predicted octanol–water partition coefficient (Wildman–Crippen LogP) is 5.15. The lowest BCUT2D eigenvalue weighted by Crippen LogP contribution is -2.41. The highest BCUT2D eigenvalue weighted by molar-refractivity contribution is 14.1. The highest BCUT2D eigenvalue weighted by Gasteiger charge is 2.42. The van der Waals surface area contributed by atoms with Gasteiger partial charge in [0.2, 0.25) is 0 Å². The summed E-state index contributed by atoms with van der Waals surface area (Å²) in [4.78, 5) is 26.1. The average molecular weight is 555 g/mol. The van der Waals surface area contributed by atoms with Crippen LogP contribution in [0.15, 0.2) is 72.8 Å². The minimum absolute atomic E-state index is 0.0777. The molecule has 1 fully saturated rings. The fourth-order valence-electron chi connectivity index (χ4n) is 4.70. The second-order valence-electron chi connectivity index (χ2n) is 8.24. The lowest BCUT2D eigenvalue weighted by Gasteiger charge is -2.22. The van der Waals surface area contributed by atoms with Gasteiger partial charge in [-0.25, -0.2) is 9.59 Å². The number of benzene rings is 3. The number of carboxylic acids is 1. The topological polar surface area (TPSA) is 76.1 Å². The van der Waals surface area contributed by atoms with Crippen molar-refractivity contribution >= 4 is 34.7 Å². The van der Waals surface area contributed by atoms with Crippen LogP contribution in [0.25, 0.3) is 11.1 Å². The van der Waals surface area contributed by atoms with Crippen molar-refractivity contribution in [1.82, 2.24) is 4.90 Å². The van der Waals surface area contributed by atoms with Crippen LogP contribution < -0.4 is 4.74 Å². The summed E-state index contributed by atoms with van der Waals surface area (Å²) in [6.45, 7) is 0.317. The van der Waals surface area contributed by atoms with Crippen molar-refractivity contribution in [2.75, 3.05) is 13.2 Å². The van der Waals surface area contributed by atoms with Gasteiger partial charge in [-0.1, -0.05) is 48.5 Å². The number of hydrogen-bond acceptors (Lipinski definition) is 4. The van der Waals surface area contributed by atoms with Crippen LogP contribution >= 0.6 is 22.6 Å². The Morgan fingerprint density at radius 3 is 2.15 bits per heavy atom. The number of carboxylic acid groups (broad SMARTS) is 1. The van der Waals surface area contributed by atoms with Crippen molar-refractivity contribution in [3.8, 4) is 16.9 Å². The van der Waals surface area contributed by atoms with E-state index in [9.17, 15) is 14.7 Å². The molecule has 0 radical (unpaired) electrons. The quantitative estimate of drug-likeness (QED) is 0.441. The predicted molar refractivity (Wildman–Crippen MR) is 131 cm³/mol. The molecule has 7 heteroatoms. The highest BCUT2D eigenvalue weighted by atomic mass is 127. The van der Waals surface area contributed by atoms with Gasteiger partial charge in [-0.3, -0.25) is 4.90 Å². The Morgan fingerprint density at radius 1 is 0.939 bits per heavy atom. The molecule has 0 bridgehead atoms. The molecule has 3 aromatic carbocycles. The maximum atomic E-state index is 13.0. The molecule has 1 heterocycles. The van der Waals surface area contributed by atoms with Crippen molar-refractivity contribution < 1.29 is 24.2 Å². The molecule has 0 unspecified atom stereocenters. The molecule has 6 nitrogen and oxygen atoms in total. The van der Waals surface area contributed by atoms with Crippen LogP contribution in [0.2, 0.25) is 0 Å². The summed E-state index contributed by atoms with van der Waals surface area (Å²) in [5.41, 5.74) is 4.51. The van der Waals surface area contributed by atoms with Crippen molar-refractivity contribution in [2.45, 2.75) is 24.5 Å². The second kappa shape index (κ2) is 9.05. The summed E-state index contributed by atoms with van der Waals surface area (Å²) < 4.78 is 12.7. The van der Waals surface area contributed by atoms with Crippen LogP contribution in [-0.4, -0.2) is 47.4 Å². The summed E-state index contributed by atoms with van der Waals surface area (Å²) in [7, 11) is 0. The van der Waals surface area contributed by atoms with Crippen LogP contribution in [0, 0.1) is 3.57 Å². The normalized spacial score (nSPS) is 19.1. The molecule has 5 rings (SSSR count). The molecule has 168 valence electrons. The molecule has 3 aromatic rings. The van der Waals surface area contributed by atoms with Crippen LogP contribution in [0.1, 0.15) is 23.5 Å². The summed E-state index contributed by atoms with van der Waals surface area (Å²) in [6, 6.07) is 22.7. The van der Waals surface area contributed by atoms with E-state index < -0.39 is 24.2 Å². The van der Waals surface area contributed by atoms with Gasteiger partial charge in [-0.05, 0) is 69.1 Å². The third kappa shape index (κ3) is 4.29. The van der Waals surface area contributed by atoms with E-state index in [1.807, 2.05) is 48.5 Å². The van der Waals surface area contributed by atoms with E-state index in [0.29, 0.717) is 5.75 Å². The van der Waals surface area contributed by atoms with Gasteiger partial charge < -0.3 is 14.6 Å². The third-order valence-electron chi connectivity index (χ3n) is 6.23. The summed E-state index contributed by atoms with van der Waals surface area (Å²) in [6.07, 6.45) is -0.824. The van der Waals surface area contributed by atoms with Gasteiger partial charge >= 0.3 is 12.1 Å². The van der Waals surface area contributed by atoms with Crippen molar-refractivity contribution in [1.29, 1.82) is 0 Å². The first kappa shape index (κ1) is 21.8. The van der Waals surface area contributed by atoms with Crippen molar-refractivity contribution in [3.05, 3.63) is 87.5 Å². The molecule has 1 saturated heterocycles. The van der Waals surface area contributed by atoms with Crippen LogP contribution in [0.5, 0.6) is 5.75 Å². The van der Waals surface area contributed by atoms with Gasteiger partial charge in [0.1, 0.15) is 24.5 Å². The maximum Gasteiger partial charge on any atom is 0.410 e. The van der Waals surface area contributed by atoms with Gasteiger partial charge in [0.15, 0.2) is 0 Å². The Morgan fingerprint density at radius 2 is 1.55 bits per heavy atom. The fraction of sp³-hybridized carbons (Fsp3) is 0.231. The van der Waals surface area contributed by atoms with E-state index >= 15 is 0 Å². The number of ether oxygens (including phenoxy) is 2. The Labute approximate surface area is 205 Å². The van der Waals surface area contributed by atoms with Crippen LogP contribution in [0.4, 0.5) is 4.79 Å². The SMILES string of the molecule is O=C(O)[C@@H]1C[C@H](Oc2ccc(I)cc2)CN1C(=O)OCC1c2ccccc2-c2ccccc21. The monoisotopic (exact) mass is 555 g/mol. The summed E-state index contributed by atoms with van der Waals surface area (Å²) in [5, 5.41) is 9.69. The van der Waals surface area contributed by atoms with E-state index in [4.69, 9.17) is 9.47 Å². The summed E-state index contributed by atoms with van der Waals surface area (Å²) >= 11 is 2.21. The first-order valence-corrected chi connectivity index (χ1v) is 11.9. The second-order valence-corrected chi connectivity index (χ2v) is 9.49. The van der Waals surface area contributed by atoms with E-state index in [2.05, 4.69) is 46.9 Å². The molecule has 33 heavy (non-hydrogen) atoms. The highest BCUT2D eigenvalue weighted by Crippen LogP contribution is 2.44. The zero-order valence-corrected chi connectivity index (χ0v) is 19.8. The molecule has 1 amide bonds. The molecule has 1 N–H and O–H groups in total. The lowest BCUT2D eigenvalue weighted by molar-refractivity contribution is -0.141. The minimum Gasteiger partial charge on any atom is -0.488 e. The number of likely N-dealkylation sites (tertiary alicyclic amines) is 1. The standard InChI is InChI=1S/C26H22INO5/c27-16-9-11-17(12-10-16)33-18-13-24(25(29)30)28(14-18)26(31)32-15-23-21-7-3-1-5-19(21)20-6-2-4-8-22(20)23/h1-12,18,23-24H,13-15H2,(H,29,30)/t18-,24-/m0/s1. The number of aliphatic carboxylic acids is 1. The first-order chi connectivity index (χ1) is 16.0. The van der Waals surface area contributed by atoms with Gasteiger partial charge in [-0.15, -0.1) is 0 Å². The van der Waals surface area contributed by atoms with Crippen LogP contribution in [-0.2, 0) is 9.53 Å². The molecule has 1 aliphatic heterocycles. The first-order valence-electron chi connectivity index (χ1n) is 10.8. The van der Waals surface area contributed by atoms with E-state index in [1.165, 1.54) is 4.90 Å². The average Bonchev–Trinajstić information content (AvgIpc) is 3.39. The van der Waals surface area contributed by atoms with Gasteiger partial charge in [0.25, 0.3) is 0 Å². The van der Waals surface area contributed by atoms with Crippen LogP contribution in [0.3, 0.4) is 0 Å². The molecule has 0 saturated carbocycles. The third-order valence-corrected chi connectivity index (χ3v) is 6.95. The van der Waals surface area contributed by atoms with Gasteiger partial charge in [-0.2, -0.15) is 0 Å². The Bertz CT molecular complexity index is 1150.